The molecular weight excluding hydrogens is 406 g/mol. The van der Waals surface area contributed by atoms with Crippen molar-refractivity contribution < 1.29 is 27.2 Å². The molecule has 0 aliphatic rings. The average molecular weight is 421 g/mol. The number of para-hydroxylation sites is 2. The van der Waals surface area contributed by atoms with E-state index in [2.05, 4.69) is 20.9 Å². The van der Waals surface area contributed by atoms with E-state index >= 15 is 0 Å². The Labute approximate surface area is 167 Å². The Balaban J connectivity index is 1.72. The quantitative estimate of drug-likeness (QED) is 0.616. The second-order valence-corrected chi connectivity index (χ2v) is 6.21. The molecule has 11 heteroatoms. The van der Waals surface area contributed by atoms with Gasteiger partial charge < -0.3 is 10.6 Å². The minimum Gasteiger partial charge on any atom is -0.324 e. The molecule has 0 spiro atoms. The minimum atomic E-state index is -4.63. The number of alkyl halides is 3. The van der Waals surface area contributed by atoms with E-state index in [0.29, 0.717) is 0 Å². The molecule has 3 rings (SSSR count). The summed E-state index contributed by atoms with van der Waals surface area (Å²) >= 11 is 0. The third-order valence-electron chi connectivity index (χ3n) is 4.12. The molecule has 156 valence electrons. The molecule has 2 N–H and O–H groups in total. The van der Waals surface area contributed by atoms with Crippen molar-refractivity contribution >= 4 is 23.2 Å². The van der Waals surface area contributed by atoms with E-state index in [1.165, 1.54) is 43.3 Å². The van der Waals surface area contributed by atoms with Crippen LogP contribution in [0.3, 0.4) is 0 Å². The fraction of sp³-hybridized carbons (Fsp3) is 0.158. The Bertz CT molecular complexity index is 1090. The largest absolute Gasteiger partial charge is 0.418 e. The number of rotatable bonds is 5. The fourth-order valence-corrected chi connectivity index (χ4v) is 2.63. The SMILES string of the molecule is Cc1c(C(=O)Nc2ccccc2F)nnn1CC(=O)Nc1ccccc1C(F)(F)F. The van der Waals surface area contributed by atoms with Gasteiger partial charge >= 0.3 is 6.18 Å². The van der Waals surface area contributed by atoms with E-state index in [9.17, 15) is 27.2 Å². The number of anilines is 2. The Morgan fingerprint density at radius 3 is 2.30 bits per heavy atom. The van der Waals surface area contributed by atoms with Gasteiger partial charge in [0.25, 0.3) is 5.91 Å². The molecule has 3 aromatic rings. The summed E-state index contributed by atoms with van der Waals surface area (Å²) in [6, 6.07) is 10.1. The number of carbonyl (C=O) groups excluding carboxylic acids is 2. The van der Waals surface area contributed by atoms with Crippen molar-refractivity contribution in [3.63, 3.8) is 0 Å². The molecule has 0 radical (unpaired) electrons. The topological polar surface area (TPSA) is 88.9 Å². The van der Waals surface area contributed by atoms with Crippen LogP contribution in [0.2, 0.25) is 0 Å². The van der Waals surface area contributed by atoms with Gasteiger partial charge in [-0.3, -0.25) is 9.59 Å². The molecule has 0 fully saturated rings. The van der Waals surface area contributed by atoms with E-state index in [0.717, 1.165) is 16.8 Å². The maximum Gasteiger partial charge on any atom is 0.418 e. The highest BCUT2D eigenvalue weighted by Gasteiger charge is 2.33. The summed E-state index contributed by atoms with van der Waals surface area (Å²) in [6.45, 7) is 0.977. The van der Waals surface area contributed by atoms with E-state index < -0.39 is 41.6 Å². The maximum atomic E-state index is 13.7. The lowest BCUT2D eigenvalue weighted by Crippen LogP contribution is -2.22. The van der Waals surface area contributed by atoms with Gasteiger partial charge in [0, 0.05) is 0 Å². The highest BCUT2D eigenvalue weighted by molar-refractivity contribution is 6.03. The third kappa shape index (κ3) is 4.62. The number of nitrogens with zero attached hydrogens (tertiary/aromatic N) is 3. The predicted octanol–water partition coefficient (Wildman–Crippen LogP) is 3.64. The summed E-state index contributed by atoms with van der Waals surface area (Å²) in [5.41, 5.74) is -1.41. The maximum absolute atomic E-state index is 13.7. The lowest BCUT2D eigenvalue weighted by Gasteiger charge is -2.13. The molecule has 1 aromatic heterocycles. The van der Waals surface area contributed by atoms with Crippen molar-refractivity contribution in [2.45, 2.75) is 19.6 Å². The zero-order valence-corrected chi connectivity index (χ0v) is 15.5. The molecule has 0 aliphatic carbocycles. The monoisotopic (exact) mass is 421 g/mol. The van der Waals surface area contributed by atoms with Crippen LogP contribution in [0.25, 0.3) is 0 Å². The molecule has 2 aromatic carbocycles. The summed E-state index contributed by atoms with van der Waals surface area (Å²) in [4.78, 5) is 24.5. The summed E-state index contributed by atoms with van der Waals surface area (Å²) in [5, 5.41) is 11.9. The van der Waals surface area contributed by atoms with Crippen molar-refractivity contribution in [2.24, 2.45) is 0 Å². The molecule has 0 bridgehead atoms. The second kappa shape index (κ2) is 8.31. The number of benzene rings is 2. The van der Waals surface area contributed by atoms with Crippen molar-refractivity contribution in [3.8, 4) is 0 Å². The lowest BCUT2D eigenvalue weighted by atomic mass is 10.1. The van der Waals surface area contributed by atoms with Gasteiger partial charge in [-0.2, -0.15) is 13.2 Å². The van der Waals surface area contributed by atoms with Gasteiger partial charge in [0.15, 0.2) is 5.69 Å². The van der Waals surface area contributed by atoms with E-state index in [4.69, 9.17) is 0 Å². The molecule has 1 heterocycles. The fourth-order valence-electron chi connectivity index (χ4n) is 2.63. The van der Waals surface area contributed by atoms with Gasteiger partial charge in [-0.15, -0.1) is 5.10 Å². The van der Waals surface area contributed by atoms with Gasteiger partial charge in [0.2, 0.25) is 5.91 Å². The van der Waals surface area contributed by atoms with Crippen LogP contribution in [0.15, 0.2) is 48.5 Å². The molecule has 7 nitrogen and oxygen atoms in total. The molecule has 0 saturated carbocycles. The standard InChI is InChI=1S/C19H15F4N5O2/c1-11-17(18(30)25-15-9-5-3-7-13(15)20)26-27-28(11)10-16(29)24-14-8-4-2-6-12(14)19(21,22)23/h2-9H,10H2,1H3,(H,24,29)(H,25,30). The number of aromatic nitrogens is 3. The first-order chi connectivity index (χ1) is 14.2. The van der Waals surface area contributed by atoms with Crippen LogP contribution in [0, 0.1) is 12.7 Å². The Hall–Kier alpha value is -3.76. The van der Waals surface area contributed by atoms with E-state index in [1.807, 2.05) is 0 Å². The first-order valence-electron chi connectivity index (χ1n) is 8.59. The van der Waals surface area contributed by atoms with Gasteiger partial charge in [-0.25, -0.2) is 9.07 Å². The van der Waals surface area contributed by atoms with E-state index in [-0.39, 0.29) is 17.1 Å². The van der Waals surface area contributed by atoms with Crippen LogP contribution in [0.1, 0.15) is 21.7 Å². The molecular formula is C19H15F4N5O2. The van der Waals surface area contributed by atoms with Crippen LogP contribution in [-0.2, 0) is 17.5 Å². The minimum absolute atomic E-state index is 0.0575. The number of hydrogen-bond acceptors (Lipinski definition) is 4. The van der Waals surface area contributed by atoms with Gasteiger partial charge in [-0.1, -0.05) is 29.5 Å². The van der Waals surface area contributed by atoms with Gasteiger partial charge in [-0.05, 0) is 31.2 Å². The summed E-state index contributed by atoms with van der Waals surface area (Å²) in [5.74, 6) is -2.17. The van der Waals surface area contributed by atoms with Crippen molar-refractivity contribution in [1.29, 1.82) is 0 Å². The highest BCUT2D eigenvalue weighted by atomic mass is 19.4. The second-order valence-electron chi connectivity index (χ2n) is 6.21. The molecule has 0 unspecified atom stereocenters. The molecule has 0 atom stereocenters. The summed E-state index contributed by atoms with van der Waals surface area (Å²) < 4.78 is 53.9. The van der Waals surface area contributed by atoms with Gasteiger partial charge in [0.1, 0.15) is 12.4 Å². The number of hydrogen-bond donors (Lipinski definition) is 2. The van der Waals surface area contributed by atoms with Crippen molar-refractivity contribution in [1.82, 2.24) is 15.0 Å². The van der Waals surface area contributed by atoms with Crippen LogP contribution in [0.4, 0.5) is 28.9 Å². The van der Waals surface area contributed by atoms with Crippen molar-refractivity contribution in [2.75, 3.05) is 10.6 Å². The van der Waals surface area contributed by atoms with Crippen LogP contribution in [-0.4, -0.2) is 26.8 Å². The van der Waals surface area contributed by atoms with Crippen molar-refractivity contribution in [3.05, 3.63) is 71.3 Å². The summed E-state index contributed by atoms with van der Waals surface area (Å²) in [6.07, 6.45) is -4.63. The number of amides is 2. The lowest BCUT2D eigenvalue weighted by molar-refractivity contribution is -0.137. The normalized spacial score (nSPS) is 11.2. The van der Waals surface area contributed by atoms with Crippen LogP contribution >= 0.6 is 0 Å². The zero-order valence-electron chi connectivity index (χ0n) is 15.5. The van der Waals surface area contributed by atoms with Crippen LogP contribution < -0.4 is 10.6 Å². The van der Waals surface area contributed by atoms with Crippen LogP contribution in [0.5, 0.6) is 0 Å². The average Bonchev–Trinajstić information content (AvgIpc) is 3.03. The van der Waals surface area contributed by atoms with E-state index in [1.54, 1.807) is 0 Å². The zero-order chi connectivity index (χ0) is 21.9. The Morgan fingerprint density at radius 2 is 1.63 bits per heavy atom. The predicted molar refractivity (Wildman–Crippen MR) is 99.2 cm³/mol. The molecule has 30 heavy (non-hydrogen) atoms. The Morgan fingerprint density at radius 1 is 1.00 bits per heavy atom. The Kier molecular flexibility index (Phi) is 5.81. The molecule has 0 saturated heterocycles. The first kappa shape index (κ1) is 21.0. The molecule has 0 aliphatic heterocycles. The number of nitrogens with one attached hydrogen (secondary N) is 2. The summed E-state index contributed by atoms with van der Waals surface area (Å²) in [7, 11) is 0. The molecule has 2 amide bonds. The highest BCUT2D eigenvalue weighted by Crippen LogP contribution is 2.34. The van der Waals surface area contributed by atoms with Gasteiger partial charge in [0.05, 0.1) is 22.6 Å². The smallest absolute Gasteiger partial charge is 0.324 e. The number of carbonyl (C=O) groups is 2. The third-order valence-corrected chi connectivity index (χ3v) is 4.12. The number of halogens is 4. The first-order valence-corrected chi connectivity index (χ1v) is 8.59.